The second kappa shape index (κ2) is 9.34. The highest BCUT2D eigenvalue weighted by atomic mass is 32.2. The average molecular weight is 384 g/mol. The van der Waals surface area contributed by atoms with Gasteiger partial charge in [-0.05, 0) is 43.5 Å². The Balaban J connectivity index is 2.05. The number of ether oxygens (including phenoxy) is 2. The van der Waals surface area contributed by atoms with Gasteiger partial charge in [0, 0.05) is 40.4 Å². The Hall–Kier alpha value is -1.64. The molecule has 0 saturated carbocycles. The summed E-state index contributed by atoms with van der Waals surface area (Å²) in [4.78, 5) is 14.5. The summed E-state index contributed by atoms with van der Waals surface area (Å²) in [7, 11) is 1.31. The molecule has 1 aromatic carbocycles. The van der Waals surface area contributed by atoms with Crippen LogP contribution < -0.4 is 4.74 Å². The van der Waals surface area contributed by atoms with Crippen LogP contribution >= 0.6 is 0 Å². The molecule has 1 fully saturated rings. The zero-order valence-electron chi connectivity index (χ0n) is 15.7. The smallest absolute Gasteiger partial charge is 0.243 e. The van der Waals surface area contributed by atoms with E-state index in [2.05, 4.69) is 0 Å². The van der Waals surface area contributed by atoms with Gasteiger partial charge in [-0.1, -0.05) is 0 Å². The van der Waals surface area contributed by atoms with Crippen LogP contribution in [0.3, 0.4) is 0 Å². The molecule has 146 valence electrons. The number of carbonyl (C=O) groups excluding carboxylic acids is 1. The Morgan fingerprint density at radius 3 is 2.58 bits per heavy atom. The summed E-state index contributed by atoms with van der Waals surface area (Å²) >= 11 is 0. The number of sulfonamides is 1. The second-order valence-corrected chi connectivity index (χ2v) is 8.42. The highest BCUT2D eigenvalue weighted by Gasteiger charge is 2.34. The molecule has 0 aliphatic carbocycles. The summed E-state index contributed by atoms with van der Waals surface area (Å²) < 4.78 is 37.3. The lowest BCUT2D eigenvalue weighted by atomic mass is 9.98. The standard InChI is InChI=1S/C18H28N2O5S/c1-19(11-5-13-24-2)18(21)15-6-4-12-20(14-15)26(22,23)17-9-7-16(25-3)8-10-17/h7-10,15H,4-6,11-14H2,1-3H3. The lowest BCUT2D eigenvalue weighted by Crippen LogP contribution is -2.46. The predicted molar refractivity (Wildman–Crippen MR) is 98.6 cm³/mol. The molecule has 1 heterocycles. The molecule has 1 aromatic rings. The van der Waals surface area contributed by atoms with Crippen molar-refractivity contribution in [2.45, 2.75) is 24.2 Å². The van der Waals surface area contributed by atoms with Gasteiger partial charge in [0.2, 0.25) is 15.9 Å². The second-order valence-electron chi connectivity index (χ2n) is 6.48. The van der Waals surface area contributed by atoms with Gasteiger partial charge in [-0.3, -0.25) is 4.79 Å². The Morgan fingerprint density at radius 2 is 1.96 bits per heavy atom. The van der Waals surface area contributed by atoms with Gasteiger partial charge in [-0.15, -0.1) is 0 Å². The van der Waals surface area contributed by atoms with Crippen molar-refractivity contribution in [1.29, 1.82) is 0 Å². The Kier molecular flexibility index (Phi) is 7.43. The van der Waals surface area contributed by atoms with Crippen molar-refractivity contribution in [3.63, 3.8) is 0 Å². The predicted octanol–water partition coefficient (Wildman–Crippen LogP) is 1.59. The molecular weight excluding hydrogens is 356 g/mol. The summed E-state index contributed by atoms with van der Waals surface area (Å²) in [6, 6.07) is 6.33. The third kappa shape index (κ3) is 4.96. The molecule has 1 atom stereocenters. The number of piperidine rings is 1. The monoisotopic (exact) mass is 384 g/mol. The van der Waals surface area contributed by atoms with Crippen molar-refractivity contribution in [1.82, 2.24) is 9.21 Å². The molecule has 1 saturated heterocycles. The fourth-order valence-corrected chi connectivity index (χ4v) is 4.65. The van der Waals surface area contributed by atoms with Crippen LogP contribution in [0.15, 0.2) is 29.2 Å². The number of amides is 1. The van der Waals surface area contributed by atoms with E-state index in [4.69, 9.17) is 9.47 Å². The van der Waals surface area contributed by atoms with Gasteiger partial charge in [0.05, 0.1) is 17.9 Å². The zero-order chi connectivity index (χ0) is 19.2. The number of carbonyl (C=O) groups is 1. The molecule has 0 spiro atoms. The molecule has 1 aliphatic heterocycles. The summed E-state index contributed by atoms with van der Waals surface area (Å²) in [5.74, 6) is 0.299. The van der Waals surface area contributed by atoms with Gasteiger partial charge in [0.1, 0.15) is 5.75 Å². The first-order valence-electron chi connectivity index (χ1n) is 8.78. The van der Waals surface area contributed by atoms with Crippen LogP contribution in [-0.2, 0) is 19.6 Å². The fraction of sp³-hybridized carbons (Fsp3) is 0.611. The number of hydrogen-bond acceptors (Lipinski definition) is 5. The third-order valence-electron chi connectivity index (χ3n) is 4.65. The maximum atomic E-state index is 12.9. The minimum atomic E-state index is -3.61. The molecule has 8 heteroatoms. The van der Waals surface area contributed by atoms with Gasteiger partial charge in [0.25, 0.3) is 0 Å². The van der Waals surface area contributed by atoms with E-state index in [1.807, 2.05) is 0 Å². The first kappa shape index (κ1) is 20.7. The molecule has 1 unspecified atom stereocenters. The van der Waals surface area contributed by atoms with Crippen LogP contribution in [0.1, 0.15) is 19.3 Å². The number of methoxy groups -OCH3 is 2. The van der Waals surface area contributed by atoms with E-state index in [0.29, 0.717) is 38.3 Å². The summed E-state index contributed by atoms with van der Waals surface area (Å²) in [5, 5.41) is 0. The van der Waals surface area contributed by atoms with Crippen molar-refractivity contribution in [3.8, 4) is 5.75 Å². The number of benzene rings is 1. The maximum absolute atomic E-state index is 12.9. The fourth-order valence-electron chi connectivity index (χ4n) is 3.13. The highest BCUT2D eigenvalue weighted by molar-refractivity contribution is 7.89. The average Bonchev–Trinajstić information content (AvgIpc) is 2.67. The number of nitrogens with zero attached hydrogens (tertiary/aromatic N) is 2. The lowest BCUT2D eigenvalue weighted by Gasteiger charge is -2.33. The molecule has 0 N–H and O–H groups in total. The van der Waals surface area contributed by atoms with E-state index < -0.39 is 10.0 Å². The van der Waals surface area contributed by atoms with Crippen molar-refractivity contribution >= 4 is 15.9 Å². The summed E-state index contributed by atoms with van der Waals surface area (Å²) in [6.45, 7) is 1.86. The van der Waals surface area contributed by atoms with Crippen LogP contribution in [0.25, 0.3) is 0 Å². The zero-order valence-corrected chi connectivity index (χ0v) is 16.5. The molecule has 2 rings (SSSR count). The van der Waals surface area contributed by atoms with Crippen LogP contribution in [0.5, 0.6) is 5.75 Å². The lowest BCUT2D eigenvalue weighted by molar-refractivity contribution is -0.135. The molecule has 1 amide bonds. The van der Waals surface area contributed by atoms with Crippen molar-refractivity contribution in [2.24, 2.45) is 5.92 Å². The van der Waals surface area contributed by atoms with Crippen molar-refractivity contribution in [2.75, 3.05) is 47.5 Å². The largest absolute Gasteiger partial charge is 0.497 e. The van der Waals surface area contributed by atoms with Gasteiger partial charge in [-0.25, -0.2) is 8.42 Å². The number of rotatable bonds is 8. The van der Waals surface area contributed by atoms with E-state index in [-0.39, 0.29) is 23.3 Å². The maximum Gasteiger partial charge on any atom is 0.243 e. The Labute approximate surface area is 155 Å². The summed E-state index contributed by atoms with van der Waals surface area (Å²) in [5.41, 5.74) is 0. The highest BCUT2D eigenvalue weighted by Crippen LogP contribution is 2.26. The third-order valence-corrected chi connectivity index (χ3v) is 6.53. The molecule has 0 bridgehead atoms. The Morgan fingerprint density at radius 1 is 1.27 bits per heavy atom. The van der Waals surface area contributed by atoms with Crippen LogP contribution in [0.2, 0.25) is 0 Å². The molecular formula is C18H28N2O5S. The molecule has 26 heavy (non-hydrogen) atoms. The molecule has 0 radical (unpaired) electrons. The SMILES string of the molecule is COCCCN(C)C(=O)C1CCCN(S(=O)(=O)c2ccc(OC)cc2)C1. The quantitative estimate of drug-likeness (QED) is 0.636. The summed E-state index contributed by atoms with van der Waals surface area (Å²) in [6.07, 6.45) is 2.15. The minimum Gasteiger partial charge on any atom is -0.497 e. The van der Waals surface area contributed by atoms with E-state index in [1.54, 1.807) is 31.2 Å². The van der Waals surface area contributed by atoms with Gasteiger partial charge >= 0.3 is 0 Å². The molecule has 1 aliphatic rings. The van der Waals surface area contributed by atoms with Gasteiger partial charge in [-0.2, -0.15) is 4.31 Å². The van der Waals surface area contributed by atoms with E-state index in [1.165, 1.54) is 23.5 Å². The topological polar surface area (TPSA) is 76.2 Å². The van der Waals surface area contributed by atoms with Crippen molar-refractivity contribution in [3.05, 3.63) is 24.3 Å². The van der Waals surface area contributed by atoms with E-state index >= 15 is 0 Å². The van der Waals surface area contributed by atoms with Gasteiger partial charge in [0.15, 0.2) is 0 Å². The minimum absolute atomic E-state index is 0.00395. The number of hydrogen-bond donors (Lipinski definition) is 0. The molecule has 0 aromatic heterocycles. The van der Waals surface area contributed by atoms with Crippen molar-refractivity contribution < 1.29 is 22.7 Å². The normalized spacial score (nSPS) is 18.5. The first-order chi connectivity index (χ1) is 12.4. The molecule has 7 nitrogen and oxygen atoms in total. The first-order valence-corrected chi connectivity index (χ1v) is 10.2. The van der Waals surface area contributed by atoms with Crippen LogP contribution in [-0.4, -0.2) is 71.0 Å². The van der Waals surface area contributed by atoms with E-state index in [0.717, 1.165) is 6.42 Å². The van der Waals surface area contributed by atoms with Gasteiger partial charge < -0.3 is 14.4 Å². The van der Waals surface area contributed by atoms with E-state index in [9.17, 15) is 13.2 Å². The van der Waals surface area contributed by atoms with Crippen LogP contribution in [0.4, 0.5) is 0 Å². The Bertz CT molecular complexity index is 690. The van der Waals surface area contributed by atoms with Crippen LogP contribution in [0, 0.1) is 5.92 Å².